The molecule has 0 saturated carbocycles. The molecule has 3 heteroatoms. The van der Waals surface area contributed by atoms with Crippen LogP contribution in [-0.4, -0.2) is 29.9 Å². The van der Waals surface area contributed by atoms with E-state index in [1.807, 2.05) is 19.1 Å². The van der Waals surface area contributed by atoms with Crippen LogP contribution in [0.5, 0.6) is 0 Å². The first-order valence-corrected chi connectivity index (χ1v) is 9.81. The maximum absolute atomic E-state index is 11.7. The summed E-state index contributed by atoms with van der Waals surface area (Å²) in [6, 6.07) is 11.4. The highest BCUT2D eigenvalue weighted by Gasteiger charge is 2.26. The molecule has 0 spiro atoms. The average Bonchev–Trinajstić information content (AvgIpc) is 3.15. The fourth-order valence-corrected chi connectivity index (χ4v) is 4.87. The number of carbonyl (C=O) groups is 1. The van der Waals surface area contributed by atoms with Crippen LogP contribution >= 0.6 is 0 Å². The summed E-state index contributed by atoms with van der Waals surface area (Å²) in [5.74, 6) is -0.352. The molecule has 1 saturated heterocycles. The Bertz CT molecular complexity index is 850. The number of primary amides is 1. The molecule has 1 amide bonds. The molecule has 1 aliphatic carbocycles. The maximum atomic E-state index is 11.7. The number of benzene rings is 2. The predicted octanol–water partition coefficient (Wildman–Crippen LogP) is 4.02. The Hall–Kier alpha value is -2.13. The lowest BCUT2D eigenvalue weighted by Gasteiger charge is -2.32. The lowest BCUT2D eigenvalue weighted by molar-refractivity contribution is 0.1000. The zero-order valence-electron chi connectivity index (χ0n) is 15.8. The minimum atomic E-state index is -0.352. The molecule has 3 nitrogen and oxygen atoms in total. The van der Waals surface area contributed by atoms with E-state index in [1.54, 1.807) is 0 Å². The Kier molecular flexibility index (Phi) is 4.58. The highest BCUT2D eigenvalue weighted by atomic mass is 16.1. The van der Waals surface area contributed by atoms with Gasteiger partial charge in [-0.05, 0) is 98.5 Å². The van der Waals surface area contributed by atoms with Crippen LogP contribution in [0, 0.1) is 13.8 Å². The number of hydrogen-bond donors (Lipinski definition) is 1. The van der Waals surface area contributed by atoms with Crippen LogP contribution in [0.25, 0.3) is 11.1 Å². The van der Waals surface area contributed by atoms with Crippen LogP contribution in [0.4, 0.5) is 0 Å². The fraction of sp³-hybridized carbons (Fsp3) is 0.435. The van der Waals surface area contributed by atoms with Gasteiger partial charge in [-0.15, -0.1) is 0 Å². The summed E-state index contributed by atoms with van der Waals surface area (Å²) >= 11 is 0. The number of fused-ring (bicyclic) bond motifs is 1. The fourth-order valence-electron chi connectivity index (χ4n) is 4.87. The molecule has 0 bridgehead atoms. The van der Waals surface area contributed by atoms with Gasteiger partial charge in [-0.25, -0.2) is 0 Å². The summed E-state index contributed by atoms with van der Waals surface area (Å²) in [4.78, 5) is 14.4. The molecule has 2 aromatic rings. The minimum Gasteiger partial charge on any atom is -0.366 e. The van der Waals surface area contributed by atoms with E-state index < -0.39 is 0 Å². The first-order valence-electron chi connectivity index (χ1n) is 9.81. The molecule has 2 N–H and O–H groups in total. The topological polar surface area (TPSA) is 46.3 Å². The standard InChI is InChI=1S/C23H28N2O/c1-15-5-10-21(23(24)26)16(2)22(15)19-7-6-18-14-20(9-8-17(18)13-19)25-11-3-4-12-25/h5-7,10,13,20H,3-4,8-9,11-12,14H2,1-2H3,(H2,24,26). The molecule has 0 radical (unpaired) electrons. The molecule has 2 aromatic carbocycles. The zero-order chi connectivity index (χ0) is 18.3. The van der Waals surface area contributed by atoms with Crippen molar-refractivity contribution in [2.75, 3.05) is 13.1 Å². The van der Waals surface area contributed by atoms with E-state index in [0.717, 1.165) is 23.6 Å². The molecule has 1 aliphatic heterocycles. The summed E-state index contributed by atoms with van der Waals surface area (Å²) in [6.45, 7) is 6.66. The smallest absolute Gasteiger partial charge is 0.248 e. The van der Waals surface area contributed by atoms with Gasteiger partial charge in [-0.2, -0.15) is 0 Å². The lowest BCUT2D eigenvalue weighted by Crippen LogP contribution is -2.37. The molecule has 1 atom stereocenters. The second kappa shape index (κ2) is 6.88. The van der Waals surface area contributed by atoms with Gasteiger partial charge in [0.2, 0.25) is 5.91 Å². The van der Waals surface area contributed by atoms with Crippen molar-refractivity contribution >= 4 is 5.91 Å². The third-order valence-corrected chi connectivity index (χ3v) is 6.29. The van der Waals surface area contributed by atoms with Crippen molar-refractivity contribution in [1.29, 1.82) is 0 Å². The Balaban J connectivity index is 1.67. The summed E-state index contributed by atoms with van der Waals surface area (Å²) in [6.07, 6.45) is 6.30. The van der Waals surface area contributed by atoms with Crippen molar-refractivity contribution in [1.82, 2.24) is 4.90 Å². The van der Waals surface area contributed by atoms with Crippen LogP contribution in [0.2, 0.25) is 0 Å². The monoisotopic (exact) mass is 348 g/mol. The van der Waals surface area contributed by atoms with Crippen molar-refractivity contribution in [3.8, 4) is 11.1 Å². The highest BCUT2D eigenvalue weighted by molar-refractivity contribution is 5.96. The van der Waals surface area contributed by atoms with Gasteiger partial charge < -0.3 is 10.6 Å². The number of rotatable bonds is 3. The van der Waals surface area contributed by atoms with Crippen molar-refractivity contribution in [3.05, 3.63) is 58.1 Å². The molecule has 1 fully saturated rings. The number of hydrogen-bond acceptors (Lipinski definition) is 2. The number of aryl methyl sites for hydroxylation is 2. The van der Waals surface area contributed by atoms with Crippen LogP contribution in [0.15, 0.2) is 30.3 Å². The van der Waals surface area contributed by atoms with E-state index in [0.29, 0.717) is 5.56 Å². The van der Waals surface area contributed by atoms with E-state index in [-0.39, 0.29) is 5.91 Å². The van der Waals surface area contributed by atoms with Crippen LogP contribution in [0.3, 0.4) is 0 Å². The zero-order valence-corrected chi connectivity index (χ0v) is 15.8. The first-order chi connectivity index (χ1) is 12.5. The first kappa shape index (κ1) is 17.3. The second-order valence-corrected chi connectivity index (χ2v) is 7.92. The SMILES string of the molecule is Cc1ccc(C(N)=O)c(C)c1-c1ccc2c(c1)CCC(N1CCCC1)C2. The van der Waals surface area contributed by atoms with Gasteiger partial charge in [0.1, 0.15) is 0 Å². The molecule has 1 heterocycles. The van der Waals surface area contributed by atoms with Gasteiger partial charge in [0, 0.05) is 11.6 Å². The van der Waals surface area contributed by atoms with Gasteiger partial charge in [-0.3, -0.25) is 4.79 Å². The van der Waals surface area contributed by atoms with Crippen molar-refractivity contribution in [2.45, 2.75) is 52.0 Å². The molecular formula is C23H28N2O. The Morgan fingerprint density at radius 1 is 1.08 bits per heavy atom. The van der Waals surface area contributed by atoms with Crippen LogP contribution in [0.1, 0.15) is 51.9 Å². The van der Waals surface area contributed by atoms with Crippen molar-refractivity contribution < 1.29 is 4.79 Å². The Morgan fingerprint density at radius 3 is 2.58 bits per heavy atom. The van der Waals surface area contributed by atoms with E-state index in [4.69, 9.17) is 5.73 Å². The van der Waals surface area contributed by atoms with Gasteiger partial charge in [0.25, 0.3) is 0 Å². The Morgan fingerprint density at radius 2 is 1.85 bits per heavy atom. The van der Waals surface area contributed by atoms with Crippen molar-refractivity contribution in [3.63, 3.8) is 0 Å². The largest absolute Gasteiger partial charge is 0.366 e. The van der Waals surface area contributed by atoms with Gasteiger partial charge >= 0.3 is 0 Å². The number of nitrogens with two attached hydrogens (primary N) is 1. The minimum absolute atomic E-state index is 0.352. The summed E-state index contributed by atoms with van der Waals surface area (Å²) in [5.41, 5.74) is 13.7. The van der Waals surface area contributed by atoms with E-state index >= 15 is 0 Å². The number of amides is 1. The molecule has 1 unspecified atom stereocenters. The summed E-state index contributed by atoms with van der Waals surface area (Å²) in [5, 5.41) is 0. The molecule has 26 heavy (non-hydrogen) atoms. The summed E-state index contributed by atoms with van der Waals surface area (Å²) < 4.78 is 0. The third kappa shape index (κ3) is 3.05. The van der Waals surface area contributed by atoms with E-state index in [2.05, 4.69) is 30.0 Å². The Labute approximate surface area is 156 Å². The average molecular weight is 348 g/mol. The maximum Gasteiger partial charge on any atom is 0.248 e. The molecule has 0 aromatic heterocycles. The number of nitrogens with zero attached hydrogens (tertiary/aromatic N) is 1. The lowest BCUT2D eigenvalue weighted by atomic mass is 9.84. The van der Waals surface area contributed by atoms with Crippen molar-refractivity contribution in [2.24, 2.45) is 5.73 Å². The van der Waals surface area contributed by atoms with Gasteiger partial charge in [-0.1, -0.05) is 24.3 Å². The summed E-state index contributed by atoms with van der Waals surface area (Å²) in [7, 11) is 0. The molecule has 136 valence electrons. The number of likely N-dealkylation sites (tertiary alicyclic amines) is 1. The molecule has 2 aliphatic rings. The van der Waals surface area contributed by atoms with Crippen LogP contribution < -0.4 is 5.73 Å². The third-order valence-electron chi connectivity index (χ3n) is 6.29. The quantitative estimate of drug-likeness (QED) is 0.910. The van der Waals surface area contributed by atoms with E-state index in [1.165, 1.54) is 61.0 Å². The second-order valence-electron chi connectivity index (χ2n) is 7.92. The van der Waals surface area contributed by atoms with E-state index in [9.17, 15) is 4.79 Å². The highest BCUT2D eigenvalue weighted by Crippen LogP contribution is 2.34. The van der Waals surface area contributed by atoms with Gasteiger partial charge in [0.05, 0.1) is 0 Å². The molecule has 4 rings (SSSR count). The number of carbonyl (C=O) groups excluding carboxylic acids is 1. The van der Waals surface area contributed by atoms with Gasteiger partial charge in [0.15, 0.2) is 0 Å². The van der Waals surface area contributed by atoms with Crippen LogP contribution in [-0.2, 0) is 12.8 Å². The molecular weight excluding hydrogens is 320 g/mol. The normalized spacial score (nSPS) is 20.2. The predicted molar refractivity (Wildman–Crippen MR) is 106 cm³/mol.